The highest BCUT2D eigenvalue weighted by Gasteiger charge is 2.17. The van der Waals surface area contributed by atoms with Gasteiger partial charge in [-0.2, -0.15) is 0 Å². The molecule has 1 amide bonds. The summed E-state index contributed by atoms with van der Waals surface area (Å²) in [6.45, 7) is 2.98. The molecule has 4 nitrogen and oxygen atoms in total. The number of fused-ring (bicyclic) bond motifs is 1. The second-order valence-electron chi connectivity index (χ2n) is 5.25. The number of carbonyl (C=O) groups is 1. The number of carbonyl (C=O) groups excluding carboxylic acids is 1. The second kappa shape index (κ2) is 7.90. The topological polar surface area (TPSA) is 52.6 Å². The predicted molar refractivity (Wildman–Crippen MR) is 80.9 cm³/mol. The Morgan fingerprint density at radius 2 is 2.10 bits per heavy atom. The van der Waals surface area contributed by atoms with E-state index < -0.39 is 0 Å². The first-order valence-corrected chi connectivity index (χ1v) is 7.51. The Balaban J connectivity index is 1.61. The lowest BCUT2D eigenvalue weighted by molar-refractivity contribution is -0.121. The standard InChI is InChI=1S/C16H24N2O2/c19-13-4-3-8-16(20)17-10-5-11-18-12-9-14-6-1-2-7-15(14)18/h1-2,6-7,19H,3-5,8-13H2,(H,17,20). The fourth-order valence-electron chi connectivity index (χ4n) is 2.62. The molecule has 0 bridgehead atoms. The summed E-state index contributed by atoms with van der Waals surface area (Å²) in [4.78, 5) is 13.9. The summed E-state index contributed by atoms with van der Waals surface area (Å²) in [7, 11) is 0. The fraction of sp³-hybridized carbons (Fsp3) is 0.562. The van der Waals surface area contributed by atoms with E-state index in [0.717, 1.165) is 38.9 Å². The number of hydrogen-bond acceptors (Lipinski definition) is 3. The Bertz CT molecular complexity index is 434. The van der Waals surface area contributed by atoms with Gasteiger partial charge in [0.2, 0.25) is 5.91 Å². The molecule has 1 aromatic rings. The summed E-state index contributed by atoms with van der Waals surface area (Å²) in [5.74, 6) is 0.0975. The quantitative estimate of drug-likeness (QED) is 0.711. The number of nitrogens with zero attached hydrogens (tertiary/aromatic N) is 1. The van der Waals surface area contributed by atoms with Gasteiger partial charge < -0.3 is 15.3 Å². The molecule has 0 fully saturated rings. The van der Waals surface area contributed by atoms with Gasteiger partial charge in [-0.05, 0) is 37.3 Å². The summed E-state index contributed by atoms with van der Waals surface area (Å²) in [5.41, 5.74) is 2.78. The molecular formula is C16H24N2O2. The van der Waals surface area contributed by atoms with E-state index in [4.69, 9.17) is 5.11 Å². The highest BCUT2D eigenvalue weighted by molar-refractivity contribution is 5.75. The van der Waals surface area contributed by atoms with Gasteiger partial charge in [0.25, 0.3) is 0 Å². The van der Waals surface area contributed by atoms with Gasteiger partial charge in [-0.3, -0.25) is 4.79 Å². The zero-order valence-corrected chi connectivity index (χ0v) is 12.0. The van der Waals surface area contributed by atoms with Gasteiger partial charge in [-0.1, -0.05) is 18.2 Å². The van der Waals surface area contributed by atoms with Gasteiger partial charge >= 0.3 is 0 Å². The van der Waals surface area contributed by atoms with E-state index in [9.17, 15) is 4.79 Å². The molecule has 0 atom stereocenters. The van der Waals surface area contributed by atoms with Crippen LogP contribution in [0.15, 0.2) is 24.3 Å². The SMILES string of the molecule is O=C(CCCCO)NCCCN1CCc2ccccc21. The molecule has 1 aliphatic heterocycles. The minimum atomic E-state index is 0.0975. The third kappa shape index (κ3) is 4.23. The van der Waals surface area contributed by atoms with Crippen LogP contribution in [0.25, 0.3) is 0 Å². The molecule has 20 heavy (non-hydrogen) atoms. The molecule has 1 aromatic carbocycles. The smallest absolute Gasteiger partial charge is 0.219 e. The molecule has 2 N–H and O–H groups in total. The van der Waals surface area contributed by atoms with Gasteiger partial charge in [-0.25, -0.2) is 0 Å². The van der Waals surface area contributed by atoms with E-state index >= 15 is 0 Å². The lowest BCUT2D eigenvalue weighted by Crippen LogP contribution is -2.29. The van der Waals surface area contributed by atoms with Crippen LogP contribution in [-0.4, -0.2) is 37.3 Å². The van der Waals surface area contributed by atoms with Gasteiger partial charge in [0.05, 0.1) is 0 Å². The van der Waals surface area contributed by atoms with Crippen molar-refractivity contribution in [2.24, 2.45) is 0 Å². The molecule has 2 rings (SSSR count). The highest BCUT2D eigenvalue weighted by atomic mass is 16.2. The van der Waals surface area contributed by atoms with E-state index in [1.807, 2.05) is 0 Å². The van der Waals surface area contributed by atoms with Crippen molar-refractivity contribution in [3.8, 4) is 0 Å². The third-order valence-corrected chi connectivity index (χ3v) is 3.72. The van der Waals surface area contributed by atoms with Crippen LogP contribution < -0.4 is 10.2 Å². The molecule has 0 aromatic heterocycles. The van der Waals surface area contributed by atoms with Crippen LogP contribution in [0.2, 0.25) is 0 Å². The monoisotopic (exact) mass is 276 g/mol. The number of rotatable bonds is 8. The Morgan fingerprint density at radius 1 is 1.25 bits per heavy atom. The summed E-state index contributed by atoms with van der Waals surface area (Å²) >= 11 is 0. The molecule has 1 aliphatic rings. The first-order valence-electron chi connectivity index (χ1n) is 7.51. The van der Waals surface area contributed by atoms with Crippen molar-refractivity contribution in [2.75, 3.05) is 31.1 Å². The van der Waals surface area contributed by atoms with Crippen molar-refractivity contribution in [3.05, 3.63) is 29.8 Å². The molecule has 110 valence electrons. The number of unbranched alkanes of at least 4 members (excludes halogenated alkanes) is 1. The lowest BCUT2D eigenvalue weighted by Gasteiger charge is -2.19. The fourth-order valence-corrected chi connectivity index (χ4v) is 2.62. The Morgan fingerprint density at radius 3 is 2.95 bits per heavy atom. The Labute approximate surface area is 120 Å². The van der Waals surface area contributed by atoms with E-state index in [1.165, 1.54) is 11.3 Å². The van der Waals surface area contributed by atoms with Crippen LogP contribution in [0.3, 0.4) is 0 Å². The van der Waals surface area contributed by atoms with Gasteiger partial charge in [-0.15, -0.1) is 0 Å². The Hall–Kier alpha value is -1.55. The van der Waals surface area contributed by atoms with Crippen LogP contribution in [0.1, 0.15) is 31.2 Å². The molecule has 0 spiro atoms. The van der Waals surface area contributed by atoms with Crippen LogP contribution in [-0.2, 0) is 11.2 Å². The van der Waals surface area contributed by atoms with Crippen LogP contribution in [0.5, 0.6) is 0 Å². The van der Waals surface area contributed by atoms with Crippen molar-refractivity contribution in [1.82, 2.24) is 5.32 Å². The van der Waals surface area contributed by atoms with E-state index in [-0.39, 0.29) is 12.5 Å². The average Bonchev–Trinajstić information content (AvgIpc) is 2.87. The molecule has 0 radical (unpaired) electrons. The first-order chi connectivity index (χ1) is 9.81. The highest BCUT2D eigenvalue weighted by Crippen LogP contribution is 2.27. The molecule has 0 unspecified atom stereocenters. The van der Waals surface area contributed by atoms with E-state index in [2.05, 4.69) is 34.5 Å². The van der Waals surface area contributed by atoms with Crippen molar-refractivity contribution in [2.45, 2.75) is 32.1 Å². The molecule has 0 saturated carbocycles. The van der Waals surface area contributed by atoms with Gasteiger partial charge in [0.1, 0.15) is 0 Å². The van der Waals surface area contributed by atoms with Crippen molar-refractivity contribution >= 4 is 11.6 Å². The van der Waals surface area contributed by atoms with Gasteiger partial charge in [0, 0.05) is 38.3 Å². The summed E-state index contributed by atoms with van der Waals surface area (Å²) < 4.78 is 0. The molecule has 1 heterocycles. The van der Waals surface area contributed by atoms with Crippen molar-refractivity contribution in [3.63, 3.8) is 0 Å². The number of nitrogens with one attached hydrogen (secondary N) is 1. The second-order valence-corrected chi connectivity index (χ2v) is 5.25. The zero-order chi connectivity index (χ0) is 14.2. The number of hydrogen-bond donors (Lipinski definition) is 2. The summed E-state index contributed by atoms with van der Waals surface area (Å²) in [6.07, 6.45) is 4.09. The summed E-state index contributed by atoms with van der Waals surface area (Å²) in [5, 5.41) is 11.6. The number of anilines is 1. The maximum Gasteiger partial charge on any atom is 0.219 e. The number of amides is 1. The average molecular weight is 276 g/mol. The molecule has 4 heteroatoms. The van der Waals surface area contributed by atoms with Crippen LogP contribution in [0.4, 0.5) is 5.69 Å². The number of para-hydroxylation sites is 1. The zero-order valence-electron chi connectivity index (χ0n) is 12.0. The lowest BCUT2D eigenvalue weighted by atomic mass is 10.2. The maximum atomic E-state index is 11.5. The molecular weight excluding hydrogens is 252 g/mol. The number of benzene rings is 1. The van der Waals surface area contributed by atoms with Crippen LogP contribution in [0, 0.1) is 0 Å². The third-order valence-electron chi connectivity index (χ3n) is 3.72. The van der Waals surface area contributed by atoms with Crippen molar-refractivity contribution in [1.29, 1.82) is 0 Å². The molecule has 0 saturated heterocycles. The normalized spacial score (nSPS) is 13.3. The first kappa shape index (κ1) is 14.9. The van der Waals surface area contributed by atoms with Crippen molar-refractivity contribution < 1.29 is 9.90 Å². The van der Waals surface area contributed by atoms with E-state index in [1.54, 1.807) is 0 Å². The van der Waals surface area contributed by atoms with Crippen LogP contribution >= 0.6 is 0 Å². The largest absolute Gasteiger partial charge is 0.396 e. The van der Waals surface area contributed by atoms with Gasteiger partial charge in [0.15, 0.2) is 0 Å². The minimum absolute atomic E-state index is 0.0975. The number of aliphatic hydroxyl groups excluding tert-OH is 1. The maximum absolute atomic E-state index is 11.5. The minimum Gasteiger partial charge on any atom is -0.396 e. The predicted octanol–water partition coefficient (Wildman–Crippen LogP) is 1.72. The Kier molecular flexibility index (Phi) is 5.87. The number of aliphatic hydroxyl groups is 1. The van der Waals surface area contributed by atoms with E-state index in [0.29, 0.717) is 12.8 Å². The summed E-state index contributed by atoms with van der Waals surface area (Å²) in [6, 6.07) is 8.54. The molecule has 0 aliphatic carbocycles.